The van der Waals surface area contributed by atoms with E-state index in [-0.39, 0.29) is 11.3 Å². The van der Waals surface area contributed by atoms with E-state index in [0.29, 0.717) is 6.54 Å². The summed E-state index contributed by atoms with van der Waals surface area (Å²) in [4.78, 5) is 28.8. The summed E-state index contributed by atoms with van der Waals surface area (Å²) in [5, 5.41) is 1.01. The van der Waals surface area contributed by atoms with Gasteiger partial charge in [-0.05, 0) is 31.0 Å². The van der Waals surface area contributed by atoms with Crippen molar-refractivity contribution in [3.63, 3.8) is 0 Å². The predicted octanol–water partition coefficient (Wildman–Crippen LogP) is 4.71. The lowest BCUT2D eigenvalue weighted by Gasteiger charge is -2.31. The van der Waals surface area contributed by atoms with Gasteiger partial charge in [-0.2, -0.15) is 0 Å². The highest BCUT2D eigenvalue weighted by Gasteiger charge is 2.25. The van der Waals surface area contributed by atoms with Gasteiger partial charge in [0.1, 0.15) is 10.7 Å². The first-order valence-electron chi connectivity index (χ1n) is 11.1. The van der Waals surface area contributed by atoms with Crippen LogP contribution in [0.25, 0.3) is 10.2 Å². The number of carbonyl (C=O) groups excluding carboxylic acids is 1. The Bertz CT molecular complexity index is 1140. The van der Waals surface area contributed by atoms with Crippen LogP contribution >= 0.6 is 11.3 Å². The number of benzene rings is 1. The molecule has 1 amide bonds. The minimum atomic E-state index is -0.138. The van der Waals surface area contributed by atoms with Gasteiger partial charge in [0.05, 0.1) is 23.8 Å². The highest BCUT2D eigenvalue weighted by Crippen LogP contribution is 2.34. The number of thiophene rings is 1. The molecule has 0 unspecified atom stereocenters. The largest absolute Gasteiger partial charge is 0.378 e. The zero-order valence-electron chi connectivity index (χ0n) is 19.9. The Balaban J connectivity index is 1.63. The van der Waals surface area contributed by atoms with E-state index in [2.05, 4.69) is 43.9 Å². The van der Waals surface area contributed by atoms with Crippen molar-refractivity contribution >= 4 is 33.1 Å². The summed E-state index contributed by atoms with van der Waals surface area (Å²) < 4.78 is 5.50. The Labute approximate surface area is 194 Å². The molecule has 0 aliphatic carbocycles. The van der Waals surface area contributed by atoms with Gasteiger partial charge in [-0.15, -0.1) is 11.3 Å². The maximum Gasteiger partial charge on any atom is 0.264 e. The van der Waals surface area contributed by atoms with Gasteiger partial charge in [-0.3, -0.25) is 4.79 Å². The molecule has 6 nitrogen and oxygen atoms in total. The smallest absolute Gasteiger partial charge is 0.264 e. The molecular formula is C25H32N4O2S. The molecule has 3 heterocycles. The molecule has 0 radical (unpaired) electrons. The molecule has 0 N–H and O–H groups in total. The Hall–Kier alpha value is -2.51. The average molecular weight is 453 g/mol. The van der Waals surface area contributed by atoms with Crippen molar-refractivity contribution in [1.29, 1.82) is 0 Å². The number of aryl methyl sites for hydroxylation is 2. The van der Waals surface area contributed by atoms with Crippen LogP contribution in [-0.4, -0.2) is 54.1 Å². The minimum absolute atomic E-state index is 0.0268. The van der Waals surface area contributed by atoms with Crippen molar-refractivity contribution in [1.82, 2.24) is 14.9 Å². The zero-order chi connectivity index (χ0) is 23.0. The number of para-hydroxylation sites is 1. The number of hydrogen-bond donors (Lipinski definition) is 0. The third kappa shape index (κ3) is 4.36. The maximum atomic E-state index is 13.5. The molecule has 1 aromatic carbocycles. The van der Waals surface area contributed by atoms with Crippen LogP contribution < -0.4 is 4.90 Å². The highest BCUT2D eigenvalue weighted by molar-refractivity contribution is 7.20. The van der Waals surface area contributed by atoms with Crippen molar-refractivity contribution < 1.29 is 9.53 Å². The third-order valence-electron chi connectivity index (χ3n) is 5.93. The van der Waals surface area contributed by atoms with Gasteiger partial charge in [-0.25, -0.2) is 9.97 Å². The fraction of sp³-hybridized carbons (Fsp3) is 0.480. The number of hydrogen-bond acceptors (Lipinski definition) is 6. The van der Waals surface area contributed by atoms with Crippen LogP contribution in [0.2, 0.25) is 0 Å². The third-order valence-corrected chi connectivity index (χ3v) is 7.11. The van der Waals surface area contributed by atoms with Crippen molar-refractivity contribution in [3.8, 4) is 0 Å². The Morgan fingerprint density at radius 2 is 1.84 bits per heavy atom. The van der Waals surface area contributed by atoms with Crippen LogP contribution in [-0.2, 0) is 16.7 Å². The number of morpholine rings is 1. The molecule has 1 saturated heterocycles. The Kier molecular flexibility index (Phi) is 6.23. The number of ether oxygens (including phenoxy) is 1. The van der Waals surface area contributed by atoms with Crippen molar-refractivity contribution in [2.75, 3.05) is 38.3 Å². The summed E-state index contributed by atoms with van der Waals surface area (Å²) in [6, 6.07) is 8.34. The fourth-order valence-electron chi connectivity index (χ4n) is 4.14. The highest BCUT2D eigenvalue weighted by atomic mass is 32.1. The van der Waals surface area contributed by atoms with Gasteiger partial charge in [0.25, 0.3) is 5.91 Å². The lowest BCUT2D eigenvalue weighted by molar-refractivity contribution is 0.0789. The van der Waals surface area contributed by atoms with E-state index in [1.165, 1.54) is 17.0 Å². The second-order valence-electron chi connectivity index (χ2n) is 9.51. The molecular weight excluding hydrogens is 420 g/mol. The molecule has 4 rings (SSSR count). The first-order chi connectivity index (χ1) is 15.2. The number of nitrogens with zero attached hydrogens (tertiary/aromatic N) is 4. The van der Waals surface area contributed by atoms with Gasteiger partial charge >= 0.3 is 0 Å². The number of fused-ring (bicyclic) bond motifs is 1. The molecule has 2 aromatic heterocycles. The summed E-state index contributed by atoms with van der Waals surface area (Å²) in [7, 11) is 1.88. The molecule has 0 atom stereocenters. The fourth-order valence-corrected chi connectivity index (χ4v) is 5.36. The van der Waals surface area contributed by atoms with Crippen molar-refractivity contribution in [2.24, 2.45) is 0 Å². The lowest BCUT2D eigenvalue weighted by Crippen LogP contribution is -2.37. The second-order valence-corrected chi connectivity index (χ2v) is 10.5. The van der Waals surface area contributed by atoms with Gasteiger partial charge in [0, 0.05) is 43.2 Å². The molecule has 1 fully saturated rings. The summed E-state index contributed by atoms with van der Waals surface area (Å²) in [6.45, 7) is 14.1. The van der Waals surface area contributed by atoms with Crippen LogP contribution in [0.1, 0.15) is 53.1 Å². The Morgan fingerprint density at radius 1 is 1.16 bits per heavy atom. The molecule has 1 aliphatic rings. The molecule has 0 saturated carbocycles. The van der Waals surface area contributed by atoms with Crippen LogP contribution in [0, 0.1) is 13.8 Å². The van der Waals surface area contributed by atoms with Crippen LogP contribution in [0.4, 0.5) is 5.69 Å². The topological polar surface area (TPSA) is 58.6 Å². The molecule has 3 aromatic rings. The first-order valence-corrected chi connectivity index (χ1v) is 11.9. The van der Waals surface area contributed by atoms with E-state index in [9.17, 15) is 4.79 Å². The van der Waals surface area contributed by atoms with Crippen molar-refractivity contribution in [3.05, 3.63) is 51.8 Å². The number of amides is 1. The molecule has 0 spiro atoms. The van der Waals surface area contributed by atoms with Gasteiger partial charge in [0.2, 0.25) is 0 Å². The number of aromatic nitrogens is 2. The summed E-state index contributed by atoms with van der Waals surface area (Å²) in [5.74, 6) is 0.842. The monoisotopic (exact) mass is 452 g/mol. The van der Waals surface area contributed by atoms with E-state index in [0.717, 1.165) is 64.0 Å². The van der Waals surface area contributed by atoms with Crippen LogP contribution in [0.15, 0.2) is 24.3 Å². The summed E-state index contributed by atoms with van der Waals surface area (Å²) in [5.41, 5.74) is 4.10. The molecule has 32 heavy (non-hydrogen) atoms. The molecule has 170 valence electrons. The minimum Gasteiger partial charge on any atom is -0.378 e. The summed E-state index contributed by atoms with van der Waals surface area (Å²) in [6.07, 6.45) is 0. The lowest BCUT2D eigenvalue weighted by atomic mass is 9.95. The van der Waals surface area contributed by atoms with Crippen LogP contribution in [0.5, 0.6) is 0 Å². The average Bonchev–Trinajstić information content (AvgIpc) is 3.10. The first kappa shape index (κ1) is 22.7. The molecule has 7 heteroatoms. The second kappa shape index (κ2) is 8.79. The van der Waals surface area contributed by atoms with Gasteiger partial charge in [0.15, 0.2) is 0 Å². The summed E-state index contributed by atoms with van der Waals surface area (Å²) >= 11 is 1.48. The van der Waals surface area contributed by atoms with E-state index in [4.69, 9.17) is 14.7 Å². The van der Waals surface area contributed by atoms with Gasteiger partial charge < -0.3 is 14.5 Å². The maximum absolute atomic E-state index is 13.5. The molecule has 1 aliphatic heterocycles. The van der Waals surface area contributed by atoms with E-state index < -0.39 is 0 Å². The normalized spacial score (nSPS) is 14.8. The van der Waals surface area contributed by atoms with Crippen LogP contribution in [0.3, 0.4) is 0 Å². The van der Waals surface area contributed by atoms with Gasteiger partial charge in [-0.1, -0.05) is 39.0 Å². The standard InChI is InChI=1S/C25H32N4O2S/c1-16-20-17(2)26-24(25(3,4)5)27-22(20)32-21(16)23(30)28(6)15-18-9-7-8-10-19(18)29-11-13-31-14-12-29/h7-10H,11-15H2,1-6H3. The van der Waals surface area contributed by atoms with E-state index in [1.54, 1.807) is 0 Å². The van der Waals surface area contributed by atoms with E-state index in [1.807, 2.05) is 31.9 Å². The number of rotatable bonds is 4. The predicted molar refractivity (Wildman–Crippen MR) is 131 cm³/mol. The van der Waals surface area contributed by atoms with E-state index >= 15 is 0 Å². The quantitative estimate of drug-likeness (QED) is 0.574. The number of anilines is 1. The Morgan fingerprint density at radius 3 is 2.53 bits per heavy atom. The SMILES string of the molecule is Cc1nc(C(C)(C)C)nc2sc(C(=O)N(C)Cc3ccccc3N3CCOCC3)c(C)c12. The number of carbonyl (C=O) groups is 1. The zero-order valence-corrected chi connectivity index (χ0v) is 20.7. The van der Waals surface area contributed by atoms with Crippen molar-refractivity contribution in [2.45, 2.75) is 46.6 Å². The molecule has 0 bridgehead atoms.